The summed E-state index contributed by atoms with van der Waals surface area (Å²) >= 11 is 0. The molecule has 0 aliphatic carbocycles. The monoisotopic (exact) mass is 394 g/mol. The normalized spacial score (nSPS) is 16.8. The second-order valence-corrected chi connectivity index (χ2v) is 7.80. The van der Waals surface area contributed by atoms with Crippen LogP contribution in [0.25, 0.3) is 0 Å². The minimum Gasteiger partial charge on any atom is -0.344 e. The Morgan fingerprint density at radius 3 is 2.17 bits per heavy atom. The first-order valence-corrected chi connectivity index (χ1v) is 10.6. The first-order chi connectivity index (χ1) is 14.1. The molecule has 0 aromatic heterocycles. The maximum Gasteiger partial charge on any atom is 0.278 e. The van der Waals surface area contributed by atoms with E-state index >= 15 is 0 Å². The summed E-state index contributed by atoms with van der Waals surface area (Å²) < 4.78 is 0. The van der Waals surface area contributed by atoms with Crippen LogP contribution in [-0.2, 0) is 4.79 Å². The summed E-state index contributed by atoms with van der Waals surface area (Å²) in [6, 6.07) is 19.5. The topological polar surface area (TPSA) is 53.9 Å². The lowest BCUT2D eigenvalue weighted by molar-refractivity contribution is -0.917. The van der Waals surface area contributed by atoms with Gasteiger partial charge in [0.1, 0.15) is 0 Å². The van der Waals surface area contributed by atoms with Crippen molar-refractivity contribution in [3.05, 3.63) is 71.8 Å². The van der Waals surface area contributed by atoms with Gasteiger partial charge in [0.15, 0.2) is 6.04 Å². The fourth-order valence-corrected chi connectivity index (χ4v) is 3.97. The van der Waals surface area contributed by atoms with Crippen LogP contribution in [0.5, 0.6) is 0 Å². The molecule has 0 saturated carbocycles. The van der Waals surface area contributed by atoms with Crippen LogP contribution in [-0.4, -0.2) is 48.9 Å². The lowest BCUT2D eigenvalue weighted by Gasteiger charge is -2.35. The van der Waals surface area contributed by atoms with Crippen LogP contribution in [0.15, 0.2) is 60.7 Å². The van der Waals surface area contributed by atoms with Crippen LogP contribution >= 0.6 is 0 Å². The molecule has 1 aliphatic heterocycles. The number of hydrogen-bond donors (Lipinski definition) is 2. The standard InChI is InChI=1S/C24H31N3O2/c1-3-10-22(20-11-6-4-7-12-20)25-23(28)19(2)26-15-17-27(18-16-26)24(29)21-13-8-5-9-14-21/h4-9,11-14,19,22H,3,10,15-18H2,1-2H3,(H,25,28)/p+1/t19-,22-/m0/s1. The molecule has 2 atom stereocenters. The number of nitrogens with one attached hydrogen (secondary N) is 2. The van der Waals surface area contributed by atoms with Crippen molar-refractivity contribution in [2.45, 2.75) is 38.8 Å². The first kappa shape index (κ1) is 21.1. The van der Waals surface area contributed by atoms with Gasteiger partial charge in [0.2, 0.25) is 0 Å². The number of carbonyl (C=O) groups is 2. The largest absolute Gasteiger partial charge is 0.344 e. The SMILES string of the molecule is CCC[C@H](NC(=O)[C@H](C)[NH+]1CCN(C(=O)c2ccccc2)CC1)c1ccccc1. The average molecular weight is 395 g/mol. The molecule has 0 bridgehead atoms. The van der Waals surface area contributed by atoms with Crippen molar-refractivity contribution in [3.63, 3.8) is 0 Å². The molecule has 1 fully saturated rings. The third kappa shape index (κ3) is 5.45. The fourth-order valence-electron chi connectivity index (χ4n) is 3.97. The van der Waals surface area contributed by atoms with Gasteiger partial charge in [-0.15, -0.1) is 0 Å². The molecule has 1 aliphatic rings. The van der Waals surface area contributed by atoms with E-state index in [-0.39, 0.29) is 23.9 Å². The second kappa shape index (κ2) is 10.2. The maximum absolute atomic E-state index is 12.9. The van der Waals surface area contributed by atoms with Gasteiger partial charge in [0.25, 0.3) is 11.8 Å². The zero-order valence-corrected chi connectivity index (χ0v) is 17.4. The Bertz CT molecular complexity index is 786. The highest BCUT2D eigenvalue weighted by molar-refractivity contribution is 5.94. The highest BCUT2D eigenvalue weighted by Crippen LogP contribution is 2.18. The molecule has 3 rings (SSSR count). The number of nitrogens with zero attached hydrogens (tertiary/aromatic N) is 1. The van der Waals surface area contributed by atoms with Crippen LogP contribution in [0.3, 0.4) is 0 Å². The summed E-state index contributed by atoms with van der Waals surface area (Å²) in [4.78, 5) is 28.7. The van der Waals surface area contributed by atoms with E-state index in [1.165, 1.54) is 4.90 Å². The van der Waals surface area contributed by atoms with Gasteiger partial charge in [0, 0.05) is 5.56 Å². The Balaban J connectivity index is 1.55. The molecule has 0 spiro atoms. The van der Waals surface area contributed by atoms with E-state index in [9.17, 15) is 9.59 Å². The number of quaternary nitrogens is 1. The van der Waals surface area contributed by atoms with Gasteiger partial charge in [-0.05, 0) is 31.0 Å². The highest BCUT2D eigenvalue weighted by atomic mass is 16.2. The van der Waals surface area contributed by atoms with Crippen molar-refractivity contribution < 1.29 is 14.5 Å². The third-order valence-corrected chi connectivity index (χ3v) is 5.82. The summed E-state index contributed by atoms with van der Waals surface area (Å²) in [6.45, 7) is 7.07. The maximum atomic E-state index is 12.9. The molecule has 2 aromatic rings. The fraction of sp³-hybridized carbons (Fsp3) is 0.417. The van der Waals surface area contributed by atoms with E-state index in [1.807, 2.05) is 60.4 Å². The predicted octanol–water partition coefficient (Wildman–Crippen LogP) is 2.07. The number of hydrogen-bond acceptors (Lipinski definition) is 2. The predicted molar refractivity (Wildman–Crippen MR) is 115 cm³/mol. The Hall–Kier alpha value is -2.66. The van der Waals surface area contributed by atoms with E-state index in [1.54, 1.807) is 0 Å². The van der Waals surface area contributed by atoms with Gasteiger partial charge >= 0.3 is 0 Å². The summed E-state index contributed by atoms with van der Waals surface area (Å²) in [5, 5.41) is 3.25. The van der Waals surface area contributed by atoms with Gasteiger partial charge in [-0.2, -0.15) is 0 Å². The van der Waals surface area contributed by atoms with Crippen LogP contribution in [0.1, 0.15) is 48.7 Å². The Labute approximate surface area is 173 Å². The van der Waals surface area contributed by atoms with E-state index in [2.05, 4.69) is 24.4 Å². The van der Waals surface area contributed by atoms with Crippen molar-refractivity contribution in [2.75, 3.05) is 26.2 Å². The molecule has 5 nitrogen and oxygen atoms in total. The quantitative estimate of drug-likeness (QED) is 0.755. The lowest BCUT2D eigenvalue weighted by atomic mass is 10.0. The zero-order chi connectivity index (χ0) is 20.6. The van der Waals surface area contributed by atoms with Crippen molar-refractivity contribution in [1.82, 2.24) is 10.2 Å². The number of benzene rings is 2. The molecule has 0 radical (unpaired) electrons. The Morgan fingerprint density at radius 1 is 1.00 bits per heavy atom. The van der Waals surface area contributed by atoms with Crippen LogP contribution < -0.4 is 10.2 Å². The molecule has 1 saturated heterocycles. The van der Waals surface area contributed by atoms with E-state index in [0.29, 0.717) is 13.1 Å². The van der Waals surface area contributed by atoms with Gasteiger partial charge in [-0.3, -0.25) is 9.59 Å². The molecule has 0 unspecified atom stereocenters. The van der Waals surface area contributed by atoms with Gasteiger partial charge in [-0.25, -0.2) is 0 Å². The molecular weight excluding hydrogens is 362 g/mol. The van der Waals surface area contributed by atoms with Crippen molar-refractivity contribution in [1.29, 1.82) is 0 Å². The molecule has 2 N–H and O–H groups in total. The lowest BCUT2D eigenvalue weighted by Crippen LogP contribution is -3.19. The van der Waals surface area contributed by atoms with Crippen molar-refractivity contribution >= 4 is 11.8 Å². The molecule has 29 heavy (non-hydrogen) atoms. The Kier molecular flexibility index (Phi) is 7.42. The molecule has 2 aromatic carbocycles. The Morgan fingerprint density at radius 2 is 1.59 bits per heavy atom. The molecular formula is C24H32N3O2+. The van der Waals surface area contributed by atoms with E-state index in [0.717, 1.165) is 37.1 Å². The molecule has 5 heteroatoms. The second-order valence-electron chi connectivity index (χ2n) is 7.80. The van der Waals surface area contributed by atoms with Crippen LogP contribution in [0.2, 0.25) is 0 Å². The van der Waals surface area contributed by atoms with Crippen LogP contribution in [0, 0.1) is 0 Å². The number of carbonyl (C=O) groups excluding carboxylic acids is 2. The summed E-state index contributed by atoms with van der Waals surface area (Å²) in [5.41, 5.74) is 1.88. The van der Waals surface area contributed by atoms with Crippen molar-refractivity contribution in [2.24, 2.45) is 0 Å². The third-order valence-electron chi connectivity index (χ3n) is 5.82. The summed E-state index contributed by atoms with van der Waals surface area (Å²) in [7, 11) is 0. The number of piperazine rings is 1. The minimum absolute atomic E-state index is 0.0523. The minimum atomic E-state index is -0.132. The van der Waals surface area contributed by atoms with Crippen molar-refractivity contribution in [3.8, 4) is 0 Å². The van der Waals surface area contributed by atoms with Crippen LogP contribution in [0.4, 0.5) is 0 Å². The smallest absolute Gasteiger partial charge is 0.278 e. The zero-order valence-electron chi connectivity index (χ0n) is 17.4. The molecule has 154 valence electrons. The number of rotatable bonds is 7. The molecule has 2 amide bonds. The summed E-state index contributed by atoms with van der Waals surface area (Å²) in [5.74, 6) is 0.166. The van der Waals surface area contributed by atoms with E-state index in [4.69, 9.17) is 0 Å². The van der Waals surface area contributed by atoms with Gasteiger partial charge < -0.3 is 15.1 Å². The highest BCUT2D eigenvalue weighted by Gasteiger charge is 2.32. The van der Waals surface area contributed by atoms with E-state index < -0.39 is 0 Å². The number of amides is 2. The van der Waals surface area contributed by atoms with Gasteiger partial charge in [-0.1, -0.05) is 61.9 Å². The average Bonchev–Trinajstić information content (AvgIpc) is 2.79. The summed E-state index contributed by atoms with van der Waals surface area (Å²) in [6.07, 6.45) is 1.94. The van der Waals surface area contributed by atoms with Gasteiger partial charge in [0.05, 0.1) is 32.2 Å². The molecule has 1 heterocycles. The first-order valence-electron chi connectivity index (χ1n) is 10.6.